The van der Waals surface area contributed by atoms with Gasteiger partial charge in [-0.3, -0.25) is 9.59 Å². The smallest absolute Gasteiger partial charge is 0.281 e. The van der Waals surface area contributed by atoms with Gasteiger partial charge in [-0.2, -0.15) is 0 Å². The van der Waals surface area contributed by atoms with E-state index in [9.17, 15) is 14.7 Å². The maximum atomic E-state index is 13.2. The van der Waals surface area contributed by atoms with Crippen LogP contribution >= 0.6 is 0 Å². The Morgan fingerprint density at radius 1 is 1.21 bits per heavy atom. The first-order valence-electron chi connectivity index (χ1n) is 12.8. The van der Waals surface area contributed by atoms with Crippen molar-refractivity contribution >= 4 is 33.7 Å². The fourth-order valence-corrected chi connectivity index (χ4v) is 5.46. The molecule has 1 saturated carbocycles. The van der Waals surface area contributed by atoms with Crippen LogP contribution < -0.4 is 25.7 Å². The topological polar surface area (TPSA) is 141 Å². The quantitative estimate of drug-likeness (QED) is 0.336. The first kappa shape index (κ1) is 24.4. The number of hydrogen-bond acceptors (Lipinski definition) is 9. The average molecular weight is 520 g/mol. The third-order valence-electron chi connectivity index (χ3n) is 7.55. The Labute approximate surface area is 217 Å². The number of aliphatic hydroxyl groups excluding tert-OH is 1. The van der Waals surface area contributed by atoms with E-state index in [1.165, 1.54) is 6.39 Å². The molecule has 2 aliphatic rings. The standard InChI is InChI=1S/C27H29N5O6/c1-36-18-7-8-19-20(10-18)32(27(35)24-25(19)38-14-29-24)12-21(33)15-2-4-16(5-3-15)28-11-17-6-9-22-26(30-17)31-23(34)13-37-22/h6-10,14-16,21,28,33H,2-5,11-13H2,1H3,(H,30,31,34). The summed E-state index contributed by atoms with van der Waals surface area (Å²) >= 11 is 0. The molecule has 3 aromatic heterocycles. The lowest BCUT2D eigenvalue weighted by Crippen LogP contribution is -2.38. The number of oxazole rings is 1. The van der Waals surface area contributed by atoms with Gasteiger partial charge in [0.2, 0.25) is 0 Å². The van der Waals surface area contributed by atoms with Crippen molar-refractivity contribution in [3.8, 4) is 11.5 Å². The lowest BCUT2D eigenvalue weighted by molar-refractivity contribution is -0.118. The molecule has 1 fully saturated rings. The number of methoxy groups -OCH3 is 1. The lowest BCUT2D eigenvalue weighted by Gasteiger charge is -2.32. The van der Waals surface area contributed by atoms with Crippen LogP contribution in [0.5, 0.6) is 11.5 Å². The van der Waals surface area contributed by atoms with Crippen molar-refractivity contribution in [3.05, 3.63) is 52.8 Å². The Kier molecular flexibility index (Phi) is 6.46. The van der Waals surface area contributed by atoms with Crippen LogP contribution in [0, 0.1) is 5.92 Å². The summed E-state index contributed by atoms with van der Waals surface area (Å²) in [6.45, 7) is 0.748. The third kappa shape index (κ3) is 4.59. The van der Waals surface area contributed by atoms with Crippen molar-refractivity contribution in [1.29, 1.82) is 0 Å². The molecule has 11 nitrogen and oxygen atoms in total. The maximum absolute atomic E-state index is 13.2. The van der Waals surface area contributed by atoms with Crippen LogP contribution in [0.15, 0.2) is 45.9 Å². The summed E-state index contributed by atoms with van der Waals surface area (Å²) < 4.78 is 17.8. The Hall–Kier alpha value is -3.96. The van der Waals surface area contributed by atoms with E-state index in [0.29, 0.717) is 41.0 Å². The zero-order valence-corrected chi connectivity index (χ0v) is 21.0. The van der Waals surface area contributed by atoms with Gasteiger partial charge in [0, 0.05) is 24.0 Å². The molecule has 0 radical (unpaired) electrons. The Bertz CT molecular complexity index is 1560. The second-order valence-corrected chi connectivity index (χ2v) is 9.88. The first-order chi connectivity index (χ1) is 18.5. The van der Waals surface area contributed by atoms with Crippen LogP contribution in [-0.4, -0.2) is 51.4 Å². The van der Waals surface area contributed by atoms with Crippen molar-refractivity contribution in [1.82, 2.24) is 19.9 Å². The molecule has 38 heavy (non-hydrogen) atoms. The number of amides is 1. The van der Waals surface area contributed by atoms with Crippen molar-refractivity contribution < 1.29 is 23.8 Å². The minimum Gasteiger partial charge on any atom is -0.497 e. The van der Waals surface area contributed by atoms with Crippen molar-refractivity contribution in [2.45, 2.75) is 50.9 Å². The summed E-state index contributed by atoms with van der Waals surface area (Å²) in [5.41, 5.74) is 1.87. The van der Waals surface area contributed by atoms with Gasteiger partial charge in [-0.15, -0.1) is 0 Å². The highest BCUT2D eigenvalue weighted by Gasteiger charge is 2.28. The molecule has 198 valence electrons. The molecule has 1 amide bonds. The number of ether oxygens (including phenoxy) is 2. The zero-order chi connectivity index (χ0) is 26.2. The van der Waals surface area contributed by atoms with Crippen LogP contribution in [0.2, 0.25) is 0 Å². The lowest BCUT2D eigenvalue weighted by atomic mass is 9.82. The summed E-state index contributed by atoms with van der Waals surface area (Å²) in [6.07, 6.45) is 4.06. The van der Waals surface area contributed by atoms with Gasteiger partial charge in [0.1, 0.15) is 5.75 Å². The highest BCUT2D eigenvalue weighted by molar-refractivity contribution is 6.01. The number of pyridine rings is 2. The number of fused-ring (bicyclic) bond motifs is 4. The number of aliphatic hydroxyl groups is 1. The van der Waals surface area contributed by atoms with E-state index in [-0.39, 0.29) is 36.1 Å². The summed E-state index contributed by atoms with van der Waals surface area (Å²) in [4.78, 5) is 33.4. The molecular weight excluding hydrogens is 490 g/mol. The van der Waals surface area contributed by atoms with E-state index in [1.807, 2.05) is 24.3 Å². The van der Waals surface area contributed by atoms with Crippen LogP contribution in [0.1, 0.15) is 31.4 Å². The molecule has 3 N–H and O–H groups in total. The van der Waals surface area contributed by atoms with Crippen LogP contribution in [-0.2, 0) is 17.9 Å². The van der Waals surface area contributed by atoms with Gasteiger partial charge >= 0.3 is 0 Å². The van der Waals surface area contributed by atoms with Gasteiger partial charge in [-0.1, -0.05) is 0 Å². The minimum absolute atomic E-state index is 0.00917. The molecule has 11 heteroatoms. The predicted molar refractivity (Wildman–Crippen MR) is 139 cm³/mol. The number of aromatic nitrogens is 3. The summed E-state index contributed by atoms with van der Waals surface area (Å²) in [6, 6.07) is 9.46. The number of anilines is 1. The second kappa shape index (κ2) is 10.1. The Morgan fingerprint density at radius 3 is 2.87 bits per heavy atom. The van der Waals surface area contributed by atoms with Gasteiger partial charge in [-0.05, 0) is 55.9 Å². The molecule has 4 aromatic rings. The molecule has 0 spiro atoms. The van der Waals surface area contributed by atoms with Crippen LogP contribution in [0.4, 0.5) is 5.82 Å². The van der Waals surface area contributed by atoms with E-state index in [0.717, 1.165) is 36.8 Å². The third-order valence-corrected chi connectivity index (χ3v) is 7.55. The fourth-order valence-electron chi connectivity index (χ4n) is 5.46. The number of nitrogens with one attached hydrogen (secondary N) is 2. The molecule has 4 heterocycles. The monoisotopic (exact) mass is 519 g/mol. The normalized spacial score (nSPS) is 20.1. The van der Waals surface area contributed by atoms with Crippen molar-refractivity contribution in [2.75, 3.05) is 19.0 Å². The molecule has 0 saturated heterocycles. The van der Waals surface area contributed by atoms with Crippen LogP contribution in [0.3, 0.4) is 0 Å². The van der Waals surface area contributed by atoms with E-state index >= 15 is 0 Å². The Morgan fingerprint density at radius 2 is 2.05 bits per heavy atom. The molecular formula is C27H29N5O6. The molecule has 1 aromatic carbocycles. The number of benzene rings is 1. The molecule has 6 rings (SSSR count). The molecule has 1 atom stereocenters. The van der Waals surface area contributed by atoms with Gasteiger partial charge in [0.25, 0.3) is 11.5 Å². The average Bonchev–Trinajstić information content (AvgIpc) is 3.44. The van der Waals surface area contributed by atoms with Crippen molar-refractivity contribution in [3.63, 3.8) is 0 Å². The van der Waals surface area contributed by atoms with Crippen LogP contribution in [0.25, 0.3) is 22.0 Å². The summed E-state index contributed by atoms with van der Waals surface area (Å²) in [5.74, 6) is 1.52. The van der Waals surface area contributed by atoms with E-state index in [4.69, 9.17) is 13.9 Å². The highest BCUT2D eigenvalue weighted by atomic mass is 16.5. The number of hydrogen-bond donors (Lipinski definition) is 3. The van der Waals surface area contributed by atoms with Gasteiger partial charge in [0.15, 0.2) is 35.7 Å². The van der Waals surface area contributed by atoms with Gasteiger partial charge < -0.3 is 34.2 Å². The molecule has 1 unspecified atom stereocenters. The summed E-state index contributed by atoms with van der Waals surface area (Å²) in [5, 5.41) is 18.2. The van der Waals surface area contributed by atoms with E-state index in [1.54, 1.807) is 17.7 Å². The fraction of sp³-hybridized carbons (Fsp3) is 0.407. The highest BCUT2D eigenvalue weighted by Crippen LogP contribution is 2.31. The summed E-state index contributed by atoms with van der Waals surface area (Å²) in [7, 11) is 1.58. The first-order valence-corrected chi connectivity index (χ1v) is 12.8. The SMILES string of the molecule is COc1ccc2c3ocnc3c(=O)n(CC(O)C3CCC(NCc4ccc5c(n4)NC(=O)CO5)CC3)c2c1. The van der Waals surface area contributed by atoms with E-state index in [2.05, 4.69) is 20.6 Å². The number of carbonyl (C=O) groups excluding carboxylic acids is 1. The number of nitrogens with zero attached hydrogens (tertiary/aromatic N) is 3. The second-order valence-electron chi connectivity index (χ2n) is 9.88. The number of carbonyl (C=O) groups is 1. The zero-order valence-electron chi connectivity index (χ0n) is 21.0. The predicted octanol–water partition coefficient (Wildman–Crippen LogP) is 2.59. The maximum Gasteiger partial charge on any atom is 0.281 e. The van der Waals surface area contributed by atoms with Gasteiger partial charge in [0.05, 0.1) is 31.0 Å². The Balaban J connectivity index is 1.11. The molecule has 0 bridgehead atoms. The minimum atomic E-state index is -0.682. The number of rotatable bonds is 7. The van der Waals surface area contributed by atoms with Gasteiger partial charge in [-0.25, -0.2) is 9.97 Å². The van der Waals surface area contributed by atoms with Crippen molar-refractivity contribution in [2.24, 2.45) is 5.92 Å². The largest absolute Gasteiger partial charge is 0.497 e. The molecule has 1 aliphatic carbocycles. The molecule has 1 aliphatic heterocycles. The van der Waals surface area contributed by atoms with E-state index < -0.39 is 6.10 Å².